The molecule has 0 aliphatic rings. The first-order chi connectivity index (χ1) is 7.65. The molecule has 1 aromatic heterocycles. The summed E-state index contributed by atoms with van der Waals surface area (Å²) in [5, 5.41) is 3.11. The summed E-state index contributed by atoms with van der Waals surface area (Å²) in [6, 6.07) is 4.99. The van der Waals surface area contributed by atoms with Crippen LogP contribution < -0.4 is 5.32 Å². The van der Waals surface area contributed by atoms with Crippen LogP contribution in [0.4, 0.5) is 5.95 Å². The monoisotopic (exact) mass is 299 g/mol. The number of aromatic amines is 1. The lowest BCUT2D eigenvalue weighted by Gasteiger charge is -2.03. The minimum atomic E-state index is -0.266. The summed E-state index contributed by atoms with van der Waals surface area (Å²) >= 11 is 9.11. The van der Waals surface area contributed by atoms with E-state index in [0.29, 0.717) is 16.5 Å². The molecule has 82 valence electrons. The van der Waals surface area contributed by atoms with Crippen molar-refractivity contribution in [1.82, 2.24) is 9.97 Å². The summed E-state index contributed by atoms with van der Waals surface area (Å²) in [6.45, 7) is 0. The van der Waals surface area contributed by atoms with Gasteiger partial charge in [0.2, 0.25) is 5.95 Å². The van der Waals surface area contributed by atoms with Gasteiger partial charge < -0.3 is 4.98 Å². The fourth-order valence-corrected chi connectivity index (χ4v) is 2.06. The van der Waals surface area contributed by atoms with Crippen LogP contribution in [-0.2, 0) is 0 Å². The van der Waals surface area contributed by atoms with E-state index in [1.54, 1.807) is 30.6 Å². The van der Waals surface area contributed by atoms with Crippen molar-refractivity contribution in [1.29, 1.82) is 0 Å². The van der Waals surface area contributed by atoms with Crippen LogP contribution in [0.2, 0.25) is 5.02 Å². The zero-order valence-electron chi connectivity index (χ0n) is 8.00. The van der Waals surface area contributed by atoms with Crippen molar-refractivity contribution in [2.75, 3.05) is 5.32 Å². The minimum absolute atomic E-state index is 0.266. The average Bonchev–Trinajstić information content (AvgIpc) is 2.68. The van der Waals surface area contributed by atoms with Crippen molar-refractivity contribution in [3.05, 3.63) is 45.7 Å². The van der Waals surface area contributed by atoms with Crippen LogP contribution in [0.25, 0.3) is 0 Å². The number of amides is 1. The summed E-state index contributed by atoms with van der Waals surface area (Å²) in [4.78, 5) is 18.4. The molecule has 2 N–H and O–H groups in total. The van der Waals surface area contributed by atoms with Crippen LogP contribution in [0.15, 0.2) is 35.1 Å². The largest absolute Gasteiger partial charge is 0.331 e. The molecule has 16 heavy (non-hydrogen) atoms. The fraction of sp³-hybridized carbons (Fsp3) is 0. The van der Waals surface area contributed by atoms with Gasteiger partial charge in [0.1, 0.15) is 0 Å². The molecule has 0 atom stereocenters. The summed E-state index contributed by atoms with van der Waals surface area (Å²) in [5.74, 6) is 0.138. The zero-order valence-corrected chi connectivity index (χ0v) is 10.3. The number of imidazole rings is 1. The molecule has 1 amide bonds. The number of hydrogen-bond acceptors (Lipinski definition) is 2. The van der Waals surface area contributed by atoms with Gasteiger partial charge in [-0.15, -0.1) is 0 Å². The number of halogens is 2. The minimum Gasteiger partial charge on any atom is -0.331 e. The van der Waals surface area contributed by atoms with Gasteiger partial charge in [-0.2, -0.15) is 0 Å². The maximum absolute atomic E-state index is 11.8. The third-order valence-electron chi connectivity index (χ3n) is 1.85. The van der Waals surface area contributed by atoms with Gasteiger partial charge in [0, 0.05) is 27.5 Å². The van der Waals surface area contributed by atoms with Gasteiger partial charge in [0.25, 0.3) is 5.91 Å². The maximum atomic E-state index is 11.8. The third-order valence-corrected chi connectivity index (χ3v) is 2.53. The zero-order chi connectivity index (χ0) is 11.5. The topological polar surface area (TPSA) is 57.8 Å². The molecule has 2 rings (SSSR count). The SMILES string of the molecule is O=C(Nc1ncc[nH]1)c1cc(Cl)cc(Br)c1. The first-order valence-corrected chi connectivity index (χ1v) is 5.59. The van der Waals surface area contributed by atoms with Crippen molar-refractivity contribution < 1.29 is 4.79 Å². The Labute approximate surface area is 105 Å². The number of benzene rings is 1. The number of hydrogen-bond donors (Lipinski definition) is 2. The van der Waals surface area contributed by atoms with Gasteiger partial charge in [-0.25, -0.2) is 4.98 Å². The fourth-order valence-electron chi connectivity index (χ4n) is 1.20. The van der Waals surface area contributed by atoms with Gasteiger partial charge >= 0.3 is 0 Å². The average molecular weight is 301 g/mol. The number of carbonyl (C=O) groups is 1. The second-order valence-corrected chi connectivity index (χ2v) is 4.40. The molecule has 0 spiro atoms. The molecule has 0 unspecified atom stereocenters. The number of nitrogens with zero attached hydrogens (tertiary/aromatic N) is 1. The Bertz CT molecular complexity index is 493. The Kier molecular flexibility index (Phi) is 3.26. The molecule has 2 aromatic rings. The maximum Gasteiger partial charge on any atom is 0.258 e. The van der Waals surface area contributed by atoms with Crippen molar-refractivity contribution in [3.8, 4) is 0 Å². The molecule has 0 aliphatic carbocycles. The molecule has 4 nitrogen and oxygen atoms in total. The van der Waals surface area contributed by atoms with E-state index in [4.69, 9.17) is 11.6 Å². The third kappa shape index (κ3) is 2.62. The van der Waals surface area contributed by atoms with E-state index in [2.05, 4.69) is 31.2 Å². The van der Waals surface area contributed by atoms with E-state index in [1.165, 1.54) is 0 Å². The molecule has 6 heteroatoms. The Balaban J connectivity index is 2.21. The molecule has 0 saturated carbocycles. The van der Waals surface area contributed by atoms with Gasteiger partial charge in [-0.05, 0) is 18.2 Å². The highest BCUT2D eigenvalue weighted by atomic mass is 79.9. The second-order valence-electron chi connectivity index (χ2n) is 3.05. The molecule has 0 aliphatic heterocycles. The van der Waals surface area contributed by atoms with Crippen LogP contribution in [-0.4, -0.2) is 15.9 Å². The van der Waals surface area contributed by atoms with Crippen LogP contribution in [0.5, 0.6) is 0 Å². The van der Waals surface area contributed by atoms with Crippen LogP contribution in [0, 0.1) is 0 Å². The molecule has 1 heterocycles. The highest BCUT2D eigenvalue weighted by molar-refractivity contribution is 9.10. The number of aromatic nitrogens is 2. The summed E-state index contributed by atoms with van der Waals surface area (Å²) in [5.41, 5.74) is 0.468. The van der Waals surface area contributed by atoms with E-state index in [1.807, 2.05) is 0 Å². The van der Waals surface area contributed by atoms with E-state index in [0.717, 1.165) is 4.47 Å². The molecule has 0 saturated heterocycles. The summed E-state index contributed by atoms with van der Waals surface area (Å²) in [7, 11) is 0. The molecular weight excluding hydrogens is 293 g/mol. The lowest BCUT2D eigenvalue weighted by atomic mass is 10.2. The van der Waals surface area contributed by atoms with E-state index >= 15 is 0 Å². The second kappa shape index (κ2) is 4.67. The normalized spacial score (nSPS) is 10.1. The number of rotatable bonds is 2. The predicted molar refractivity (Wildman–Crippen MR) is 65.7 cm³/mol. The number of anilines is 1. The van der Waals surface area contributed by atoms with Crippen molar-refractivity contribution in [3.63, 3.8) is 0 Å². The van der Waals surface area contributed by atoms with Crippen molar-refractivity contribution in [2.45, 2.75) is 0 Å². The van der Waals surface area contributed by atoms with E-state index < -0.39 is 0 Å². The first-order valence-electron chi connectivity index (χ1n) is 4.42. The van der Waals surface area contributed by atoms with Crippen molar-refractivity contribution >= 4 is 39.4 Å². The summed E-state index contributed by atoms with van der Waals surface area (Å²) in [6.07, 6.45) is 3.19. The van der Waals surface area contributed by atoms with Crippen LogP contribution in [0.3, 0.4) is 0 Å². The Morgan fingerprint density at radius 3 is 2.88 bits per heavy atom. The Morgan fingerprint density at radius 2 is 2.25 bits per heavy atom. The van der Waals surface area contributed by atoms with Crippen LogP contribution in [0.1, 0.15) is 10.4 Å². The van der Waals surface area contributed by atoms with E-state index in [9.17, 15) is 4.79 Å². The molecule has 0 fully saturated rings. The Hall–Kier alpha value is -1.33. The van der Waals surface area contributed by atoms with Gasteiger partial charge in [-0.3, -0.25) is 10.1 Å². The molecule has 1 aromatic carbocycles. The van der Waals surface area contributed by atoms with Crippen LogP contribution >= 0.6 is 27.5 Å². The lowest BCUT2D eigenvalue weighted by molar-refractivity contribution is 0.102. The smallest absolute Gasteiger partial charge is 0.258 e. The van der Waals surface area contributed by atoms with Gasteiger partial charge in [-0.1, -0.05) is 27.5 Å². The number of H-pyrrole nitrogens is 1. The highest BCUT2D eigenvalue weighted by Gasteiger charge is 2.08. The summed E-state index contributed by atoms with van der Waals surface area (Å²) < 4.78 is 0.754. The standard InChI is InChI=1S/C10H7BrClN3O/c11-7-3-6(4-8(12)5-7)9(16)15-10-13-1-2-14-10/h1-5H,(H2,13,14,15,16). The highest BCUT2D eigenvalue weighted by Crippen LogP contribution is 2.20. The predicted octanol–water partition coefficient (Wildman–Crippen LogP) is 3.08. The number of carbonyl (C=O) groups excluding carboxylic acids is 1. The van der Waals surface area contributed by atoms with Crippen molar-refractivity contribution in [2.24, 2.45) is 0 Å². The molecular formula is C10H7BrClN3O. The first kappa shape index (κ1) is 11.2. The van der Waals surface area contributed by atoms with Gasteiger partial charge in [0.05, 0.1) is 0 Å². The quantitative estimate of drug-likeness (QED) is 0.895. The molecule has 0 bridgehead atoms. The molecule has 0 radical (unpaired) electrons. The lowest BCUT2D eigenvalue weighted by Crippen LogP contribution is -2.12. The van der Waals surface area contributed by atoms with E-state index in [-0.39, 0.29) is 5.91 Å². The Morgan fingerprint density at radius 1 is 1.44 bits per heavy atom. The number of nitrogens with one attached hydrogen (secondary N) is 2. The van der Waals surface area contributed by atoms with Gasteiger partial charge in [0.15, 0.2) is 0 Å².